The fraction of sp³-hybridized carbons (Fsp3) is 0.389. The van der Waals surface area contributed by atoms with Crippen molar-refractivity contribution in [1.82, 2.24) is 0 Å². The van der Waals surface area contributed by atoms with E-state index >= 15 is 0 Å². The number of non-ortho nitro benzene ring substituents is 1. The van der Waals surface area contributed by atoms with Crippen molar-refractivity contribution in [2.24, 2.45) is 11.3 Å². The van der Waals surface area contributed by atoms with Crippen LogP contribution in [0.15, 0.2) is 35.6 Å². The number of allylic oxidation sites excluding steroid dienone is 2. The minimum Gasteiger partial charge on any atom is -0.487 e. The number of Topliss-reactive ketones (excluding diaryl/α,β-unsaturated/α-hetero) is 1. The molecule has 1 N–H and O–H groups in total. The van der Waals surface area contributed by atoms with Crippen molar-refractivity contribution in [3.63, 3.8) is 0 Å². The number of benzene rings is 1. The summed E-state index contributed by atoms with van der Waals surface area (Å²) in [6, 6.07) is 7.89. The van der Waals surface area contributed by atoms with E-state index in [0.29, 0.717) is 24.2 Å². The Morgan fingerprint density at radius 1 is 1.40 bits per heavy atom. The second-order valence-corrected chi connectivity index (χ2v) is 7.15. The second-order valence-electron chi connectivity index (χ2n) is 7.15. The maximum absolute atomic E-state index is 12.4. The van der Waals surface area contributed by atoms with Crippen molar-refractivity contribution in [2.45, 2.75) is 32.8 Å². The van der Waals surface area contributed by atoms with Gasteiger partial charge in [-0.1, -0.05) is 26.0 Å². The van der Waals surface area contributed by atoms with Gasteiger partial charge in [0, 0.05) is 30.5 Å². The van der Waals surface area contributed by atoms with Gasteiger partial charge in [0.25, 0.3) is 5.69 Å². The lowest BCUT2D eigenvalue weighted by molar-refractivity contribution is -0.385. The molecule has 7 heteroatoms. The third kappa shape index (κ3) is 2.91. The van der Waals surface area contributed by atoms with E-state index in [-0.39, 0.29) is 28.2 Å². The molecule has 0 bridgehead atoms. The van der Waals surface area contributed by atoms with Crippen LogP contribution < -0.4 is 0 Å². The van der Waals surface area contributed by atoms with Crippen LogP contribution in [0.5, 0.6) is 0 Å². The zero-order chi connectivity index (χ0) is 18.4. The zero-order valence-corrected chi connectivity index (χ0v) is 13.9. The summed E-state index contributed by atoms with van der Waals surface area (Å²) in [4.78, 5) is 22.9. The molecule has 0 saturated heterocycles. The highest BCUT2D eigenvalue weighted by atomic mass is 16.6. The van der Waals surface area contributed by atoms with E-state index in [1.54, 1.807) is 6.07 Å². The topological polar surface area (TPSA) is 117 Å². The Morgan fingerprint density at radius 3 is 2.76 bits per heavy atom. The van der Waals surface area contributed by atoms with Gasteiger partial charge in [0.05, 0.1) is 22.3 Å². The molecule has 2 atom stereocenters. The van der Waals surface area contributed by atoms with E-state index in [2.05, 4.69) is 0 Å². The first-order valence-electron chi connectivity index (χ1n) is 7.89. The number of carbonyl (C=O) groups is 1. The monoisotopic (exact) mass is 339 g/mol. The van der Waals surface area contributed by atoms with E-state index in [0.717, 1.165) is 0 Å². The molecule has 0 saturated carbocycles. The lowest BCUT2D eigenvalue weighted by Crippen LogP contribution is -2.38. The third-order valence-corrected chi connectivity index (χ3v) is 4.54. The Hall–Kier alpha value is -3.01. The quantitative estimate of drug-likeness (QED) is 0.654. The normalized spacial score (nSPS) is 25.0. The molecule has 1 aliphatic carbocycles. The van der Waals surface area contributed by atoms with Crippen LogP contribution in [0.25, 0.3) is 0 Å². The van der Waals surface area contributed by atoms with Gasteiger partial charge in [-0.15, -0.1) is 0 Å². The van der Waals surface area contributed by atoms with E-state index in [1.165, 1.54) is 18.2 Å². The van der Waals surface area contributed by atoms with E-state index in [9.17, 15) is 20.2 Å². The third-order valence-electron chi connectivity index (χ3n) is 4.54. The summed E-state index contributed by atoms with van der Waals surface area (Å²) in [5.41, 5.74) is 0.202. The average Bonchev–Trinajstić information content (AvgIpc) is 2.53. The highest BCUT2D eigenvalue weighted by Gasteiger charge is 2.45. The molecule has 0 spiro atoms. The first-order valence-corrected chi connectivity index (χ1v) is 7.89. The van der Waals surface area contributed by atoms with Gasteiger partial charge in [-0.2, -0.15) is 5.26 Å². The first-order chi connectivity index (χ1) is 11.7. The van der Waals surface area contributed by atoms with E-state index in [4.69, 9.17) is 10.1 Å². The maximum Gasteiger partial charge on any atom is 0.269 e. The minimum atomic E-state index is -0.981. The molecule has 7 nitrogen and oxygen atoms in total. The SMILES string of the molecule is CC1(C)CC(=O)C2=C(C1)O[C@@H](c1cccc([N+](=O)[O-])c1)C(C#N)C2=N. The Balaban J connectivity index is 2.07. The zero-order valence-electron chi connectivity index (χ0n) is 13.9. The van der Waals surface area contributed by atoms with Crippen molar-refractivity contribution in [3.05, 3.63) is 51.3 Å². The van der Waals surface area contributed by atoms with Gasteiger partial charge in [-0.3, -0.25) is 14.9 Å². The Kier molecular flexibility index (Phi) is 3.91. The number of hydrogen-bond acceptors (Lipinski definition) is 6. The number of nitro groups is 1. The summed E-state index contributed by atoms with van der Waals surface area (Å²) < 4.78 is 5.96. The molecule has 25 heavy (non-hydrogen) atoms. The molecule has 1 aliphatic heterocycles. The Morgan fingerprint density at radius 2 is 2.12 bits per heavy atom. The molecule has 0 aromatic heterocycles. The summed E-state index contributed by atoms with van der Waals surface area (Å²) in [5, 5.41) is 28.9. The van der Waals surface area contributed by atoms with Crippen LogP contribution in [-0.4, -0.2) is 16.4 Å². The van der Waals surface area contributed by atoms with Crippen molar-refractivity contribution in [1.29, 1.82) is 10.7 Å². The highest BCUT2D eigenvalue weighted by Crippen LogP contribution is 2.45. The standard InChI is InChI=1S/C18H17N3O4/c1-18(2)7-13(22)15-14(8-18)25-17(12(9-19)16(15)20)10-4-3-5-11(6-10)21(23)24/h3-6,12,17,20H,7-8H2,1-2H3/t12?,17-/m0/s1. The van der Waals surface area contributed by atoms with Crippen LogP contribution in [0, 0.1) is 38.2 Å². The molecule has 1 heterocycles. The lowest BCUT2D eigenvalue weighted by atomic mass is 9.72. The summed E-state index contributed by atoms with van der Waals surface area (Å²) in [6.45, 7) is 3.89. The van der Waals surface area contributed by atoms with E-state index < -0.39 is 16.9 Å². The highest BCUT2D eigenvalue weighted by molar-refractivity contribution is 6.24. The largest absolute Gasteiger partial charge is 0.487 e. The molecule has 1 aromatic rings. The van der Waals surface area contributed by atoms with Gasteiger partial charge in [0.1, 0.15) is 17.8 Å². The maximum atomic E-state index is 12.4. The van der Waals surface area contributed by atoms with Crippen LogP contribution in [0.1, 0.15) is 38.4 Å². The fourth-order valence-electron chi connectivity index (χ4n) is 3.40. The van der Waals surface area contributed by atoms with Gasteiger partial charge in [-0.05, 0) is 5.41 Å². The van der Waals surface area contributed by atoms with Crippen molar-refractivity contribution in [2.75, 3.05) is 0 Å². The van der Waals surface area contributed by atoms with Gasteiger partial charge < -0.3 is 10.1 Å². The van der Waals surface area contributed by atoms with Gasteiger partial charge in [0.2, 0.25) is 0 Å². The number of nitrogens with zero attached hydrogens (tertiary/aromatic N) is 2. The van der Waals surface area contributed by atoms with Crippen LogP contribution in [0.4, 0.5) is 5.69 Å². The Bertz CT molecular complexity index is 863. The minimum absolute atomic E-state index is 0.0549. The van der Waals surface area contributed by atoms with Crippen LogP contribution in [0.3, 0.4) is 0 Å². The molecule has 3 rings (SSSR count). The van der Waals surface area contributed by atoms with Gasteiger partial charge >= 0.3 is 0 Å². The number of nitro benzene ring substituents is 1. The summed E-state index contributed by atoms with van der Waals surface area (Å²) >= 11 is 0. The average molecular weight is 339 g/mol. The molecule has 0 amide bonds. The van der Waals surface area contributed by atoms with E-state index in [1.807, 2.05) is 19.9 Å². The van der Waals surface area contributed by atoms with Crippen LogP contribution in [0.2, 0.25) is 0 Å². The summed E-state index contributed by atoms with van der Waals surface area (Å²) in [7, 11) is 0. The van der Waals surface area contributed by atoms with Gasteiger partial charge in [0.15, 0.2) is 5.78 Å². The number of ether oxygens (including phenoxy) is 1. The number of hydrogen-bond donors (Lipinski definition) is 1. The lowest BCUT2D eigenvalue weighted by Gasteiger charge is -2.39. The van der Waals surface area contributed by atoms with Crippen molar-refractivity contribution < 1.29 is 14.5 Å². The molecule has 2 aliphatic rings. The molecular formula is C18H17N3O4. The Labute approximate surface area is 144 Å². The predicted molar refractivity (Wildman–Crippen MR) is 88.8 cm³/mol. The van der Waals surface area contributed by atoms with Crippen LogP contribution in [-0.2, 0) is 9.53 Å². The number of carbonyl (C=O) groups excluding carboxylic acids is 1. The molecule has 1 unspecified atom stereocenters. The molecular weight excluding hydrogens is 322 g/mol. The molecule has 0 fully saturated rings. The number of nitrogens with one attached hydrogen (secondary N) is 1. The molecule has 0 radical (unpaired) electrons. The van der Waals surface area contributed by atoms with Crippen LogP contribution >= 0.6 is 0 Å². The van der Waals surface area contributed by atoms with Crippen molar-refractivity contribution in [3.8, 4) is 6.07 Å². The number of ketones is 1. The second kappa shape index (κ2) is 5.81. The summed E-state index contributed by atoms with van der Waals surface area (Å²) in [6.07, 6.45) is -0.0464. The fourth-order valence-corrected chi connectivity index (χ4v) is 3.40. The molecule has 128 valence electrons. The predicted octanol–water partition coefficient (Wildman–Crippen LogP) is 3.47. The molecule has 1 aromatic carbocycles. The smallest absolute Gasteiger partial charge is 0.269 e. The summed E-state index contributed by atoms with van der Waals surface area (Å²) in [5.74, 6) is -0.755. The number of rotatable bonds is 2. The van der Waals surface area contributed by atoms with Crippen molar-refractivity contribution >= 4 is 17.2 Å². The van der Waals surface area contributed by atoms with Gasteiger partial charge in [-0.25, -0.2) is 0 Å². The number of nitriles is 1. The first kappa shape index (κ1) is 16.8.